The van der Waals surface area contributed by atoms with E-state index < -0.39 is 0 Å². The average molecular weight is 232 g/mol. The molecule has 0 bridgehead atoms. The molecule has 5 heteroatoms. The van der Waals surface area contributed by atoms with Crippen molar-refractivity contribution in [2.45, 2.75) is 20.0 Å². The van der Waals surface area contributed by atoms with Crippen molar-refractivity contribution in [2.75, 3.05) is 11.9 Å². The van der Waals surface area contributed by atoms with E-state index in [-0.39, 0.29) is 0 Å². The molecule has 90 valence electrons. The van der Waals surface area contributed by atoms with Gasteiger partial charge in [-0.2, -0.15) is 0 Å². The lowest BCUT2D eigenvalue weighted by Crippen LogP contribution is -2.19. The van der Waals surface area contributed by atoms with E-state index in [9.17, 15) is 0 Å². The van der Waals surface area contributed by atoms with Crippen LogP contribution in [-0.2, 0) is 13.1 Å². The van der Waals surface area contributed by atoms with Crippen molar-refractivity contribution in [1.29, 1.82) is 0 Å². The Hall–Kier alpha value is -1.88. The van der Waals surface area contributed by atoms with Crippen LogP contribution in [0.1, 0.15) is 16.9 Å². The minimum absolute atomic E-state index is 0.463. The summed E-state index contributed by atoms with van der Waals surface area (Å²) in [5, 5.41) is 0. The maximum atomic E-state index is 5.50. The van der Waals surface area contributed by atoms with E-state index in [0.717, 1.165) is 23.4 Å². The second-order valence-corrected chi connectivity index (χ2v) is 3.95. The summed E-state index contributed by atoms with van der Waals surface area (Å²) in [6.45, 7) is 3.14. The zero-order valence-electron chi connectivity index (χ0n) is 10.1. The minimum atomic E-state index is 0.463. The topological polar surface area (TPSA) is 68.2 Å². The molecule has 2 aromatic heterocycles. The molecule has 0 radical (unpaired) electrons. The number of rotatable bonds is 4. The standard InChI is InChI=1S/C12H16N4O/c1-9-11(3-4-17-9)8-16(2)12-14-6-10(5-13)7-15-12/h3-4,6-7H,5,8,13H2,1-2H3. The van der Waals surface area contributed by atoms with Gasteiger partial charge < -0.3 is 15.1 Å². The Morgan fingerprint density at radius 1 is 1.35 bits per heavy atom. The summed E-state index contributed by atoms with van der Waals surface area (Å²) in [7, 11) is 1.95. The predicted octanol–water partition coefficient (Wildman–Crippen LogP) is 1.47. The quantitative estimate of drug-likeness (QED) is 0.864. The van der Waals surface area contributed by atoms with Gasteiger partial charge in [0, 0.05) is 43.7 Å². The lowest BCUT2D eigenvalue weighted by Gasteiger charge is -2.16. The molecule has 2 heterocycles. The third-order valence-electron chi connectivity index (χ3n) is 2.64. The van der Waals surface area contributed by atoms with Gasteiger partial charge in [0.05, 0.1) is 6.26 Å². The first-order valence-electron chi connectivity index (χ1n) is 5.46. The molecule has 0 unspecified atom stereocenters. The predicted molar refractivity (Wildman–Crippen MR) is 65.5 cm³/mol. The number of nitrogens with zero attached hydrogens (tertiary/aromatic N) is 3. The third-order valence-corrected chi connectivity index (χ3v) is 2.64. The zero-order valence-corrected chi connectivity index (χ0v) is 10.1. The Kier molecular flexibility index (Phi) is 3.39. The van der Waals surface area contributed by atoms with Crippen LogP contribution in [0, 0.1) is 6.92 Å². The zero-order chi connectivity index (χ0) is 12.3. The molecule has 5 nitrogen and oxygen atoms in total. The highest BCUT2D eigenvalue weighted by atomic mass is 16.3. The van der Waals surface area contributed by atoms with Crippen LogP contribution in [0.5, 0.6) is 0 Å². The second kappa shape index (κ2) is 4.97. The molecule has 0 aromatic carbocycles. The third kappa shape index (κ3) is 2.62. The molecule has 0 spiro atoms. The Balaban J connectivity index is 2.09. The normalized spacial score (nSPS) is 10.5. The van der Waals surface area contributed by atoms with Crippen LogP contribution < -0.4 is 10.6 Å². The molecule has 0 aliphatic carbocycles. The van der Waals surface area contributed by atoms with E-state index in [1.807, 2.05) is 24.9 Å². The maximum absolute atomic E-state index is 5.50. The number of aromatic nitrogens is 2. The van der Waals surface area contributed by atoms with Gasteiger partial charge in [-0.1, -0.05) is 0 Å². The Labute approximate surface area is 100 Å². The number of nitrogens with two attached hydrogens (primary N) is 1. The van der Waals surface area contributed by atoms with Crippen LogP contribution in [-0.4, -0.2) is 17.0 Å². The molecule has 0 amide bonds. The van der Waals surface area contributed by atoms with Crippen LogP contribution in [0.25, 0.3) is 0 Å². The summed E-state index contributed by atoms with van der Waals surface area (Å²) >= 11 is 0. The van der Waals surface area contributed by atoms with Gasteiger partial charge in [-0.05, 0) is 13.0 Å². The first-order valence-corrected chi connectivity index (χ1v) is 5.46. The Morgan fingerprint density at radius 3 is 2.59 bits per heavy atom. The number of hydrogen-bond acceptors (Lipinski definition) is 5. The van der Waals surface area contributed by atoms with Gasteiger partial charge in [-0.15, -0.1) is 0 Å². The van der Waals surface area contributed by atoms with Crippen molar-refractivity contribution in [1.82, 2.24) is 9.97 Å². The summed E-state index contributed by atoms with van der Waals surface area (Å²) in [6.07, 6.45) is 5.19. The highest BCUT2D eigenvalue weighted by Crippen LogP contribution is 2.14. The van der Waals surface area contributed by atoms with Gasteiger partial charge in [0.15, 0.2) is 0 Å². The number of furan rings is 1. The van der Waals surface area contributed by atoms with E-state index in [1.165, 1.54) is 0 Å². The van der Waals surface area contributed by atoms with Crippen LogP contribution in [0.4, 0.5) is 5.95 Å². The van der Waals surface area contributed by atoms with Gasteiger partial charge in [-0.25, -0.2) is 9.97 Å². The molecule has 0 fully saturated rings. The molecule has 0 aliphatic heterocycles. The van der Waals surface area contributed by atoms with Crippen molar-refractivity contribution in [3.63, 3.8) is 0 Å². The molecule has 0 atom stereocenters. The van der Waals surface area contributed by atoms with Crippen LogP contribution >= 0.6 is 0 Å². The van der Waals surface area contributed by atoms with Crippen molar-refractivity contribution < 1.29 is 4.42 Å². The van der Waals surface area contributed by atoms with E-state index in [2.05, 4.69) is 9.97 Å². The van der Waals surface area contributed by atoms with Crippen molar-refractivity contribution in [2.24, 2.45) is 5.73 Å². The van der Waals surface area contributed by atoms with Crippen molar-refractivity contribution in [3.05, 3.63) is 41.6 Å². The first-order chi connectivity index (χ1) is 8.20. The van der Waals surface area contributed by atoms with Crippen LogP contribution in [0.3, 0.4) is 0 Å². The monoisotopic (exact) mass is 232 g/mol. The smallest absolute Gasteiger partial charge is 0.225 e. The molecular formula is C12H16N4O. The minimum Gasteiger partial charge on any atom is -0.469 e. The fourth-order valence-electron chi connectivity index (χ4n) is 1.55. The molecule has 0 saturated carbocycles. The van der Waals surface area contributed by atoms with Gasteiger partial charge in [0.25, 0.3) is 0 Å². The molecule has 2 rings (SSSR count). The summed E-state index contributed by atoms with van der Waals surface area (Å²) in [5.74, 6) is 1.61. The van der Waals surface area contributed by atoms with Crippen molar-refractivity contribution >= 4 is 5.95 Å². The van der Waals surface area contributed by atoms with Gasteiger partial charge in [0.2, 0.25) is 5.95 Å². The highest BCUT2D eigenvalue weighted by molar-refractivity contribution is 5.31. The SMILES string of the molecule is Cc1occc1CN(C)c1ncc(CN)cn1. The number of aryl methyl sites for hydroxylation is 1. The summed E-state index contributed by atoms with van der Waals surface area (Å²) in [6, 6.07) is 1.96. The Bertz CT molecular complexity index is 478. The second-order valence-electron chi connectivity index (χ2n) is 3.95. The van der Waals surface area contributed by atoms with Crippen molar-refractivity contribution in [3.8, 4) is 0 Å². The first kappa shape index (κ1) is 11.6. The lowest BCUT2D eigenvalue weighted by molar-refractivity contribution is 0.529. The number of anilines is 1. The molecule has 0 aliphatic rings. The molecule has 0 saturated heterocycles. The van der Waals surface area contributed by atoms with Gasteiger partial charge >= 0.3 is 0 Å². The van der Waals surface area contributed by atoms with E-state index >= 15 is 0 Å². The fraction of sp³-hybridized carbons (Fsp3) is 0.333. The largest absolute Gasteiger partial charge is 0.469 e. The van der Waals surface area contributed by atoms with E-state index in [0.29, 0.717) is 12.5 Å². The van der Waals surface area contributed by atoms with E-state index in [1.54, 1.807) is 18.7 Å². The maximum Gasteiger partial charge on any atom is 0.225 e. The Morgan fingerprint density at radius 2 is 2.06 bits per heavy atom. The van der Waals surface area contributed by atoms with Crippen LogP contribution in [0.2, 0.25) is 0 Å². The average Bonchev–Trinajstić information content (AvgIpc) is 2.75. The van der Waals surface area contributed by atoms with Gasteiger partial charge in [0.1, 0.15) is 5.76 Å². The fourth-order valence-corrected chi connectivity index (χ4v) is 1.55. The summed E-state index contributed by atoms with van der Waals surface area (Å²) in [4.78, 5) is 10.5. The lowest BCUT2D eigenvalue weighted by atomic mass is 10.2. The summed E-state index contributed by atoms with van der Waals surface area (Å²) in [5.41, 5.74) is 7.57. The highest BCUT2D eigenvalue weighted by Gasteiger charge is 2.08. The molecule has 2 aromatic rings. The van der Waals surface area contributed by atoms with Gasteiger partial charge in [-0.3, -0.25) is 0 Å². The number of hydrogen-bond donors (Lipinski definition) is 1. The van der Waals surface area contributed by atoms with Crippen LogP contribution in [0.15, 0.2) is 29.1 Å². The molecule has 2 N–H and O–H groups in total. The molecule has 17 heavy (non-hydrogen) atoms. The molecular weight excluding hydrogens is 216 g/mol. The van der Waals surface area contributed by atoms with E-state index in [4.69, 9.17) is 10.2 Å². The summed E-state index contributed by atoms with van der Waals surface area (Å²) < 4.78 is 5.25.